The quantitative estimate of drug-likeness (QED) is 0.694. The lowest BCUT2D eigenvalue weighted by atomic mass is 9.68. The van der Waals surface area contributed by atoms with Crippen LogP contribution in [0.25, 0.3) is 0 Å². The number of hydrogen-bond acceptors (Lipinski definition) is 1. The fourth-order valence-corrected chi connectivity index (χ4v) is 2.75. The second-order valence-corrected chi connectivity index (χ2v) is 6.41. The van der Waals surface area contributed by atoms with E-state index in [0.717, 1.165) is 6.42 Å². The number of aliphatic hydroxyl groups excluding tert-OH is 1. The second-order valence-electron chi connectivity index (χ2n) is 6.41. The predicted octanol–water partition coefficient (Wildman–Crippen LogP) is 4.27. The summed E-state index contributed by atoms with van der Waals surface area (Å²) in [5, 5.41) is 10.5. The van der Waals surface area contributed by atoms with Crippen molar-refractivity contribution in [3.05, 3.63) is 12.2 Å². The lowest BCUT2D eigenvalue weighted by molar-refractivity contribution is -0.0186. The van der Waals surface area contributed by atoms with E-state index in [0.29, 0.717) is 17.8 Å². The van der Waals surface area contributed by atoms with Crippen molar-refractivity contribution in [3.63, 3.8) is 0 Å². The molecule has 0 fully saturated rings. The summed E-state index contributed by atoms with van der Waals surface area (Å²) < 4.78 is 0. The van der Waals surface area contributed by atoms with Gasteiger partial charge >= 0.3 is 0 Å². The van der Waals surface area contributed by atoms with Crippen molar-refractivity contribution in [1.29, 1.82) is 0 Å². The second kappa shape index (κ2) is 6.44. The van der Waals surface area contributed by atoms with Crippen LogP contribution in [0.1, 0.15) is 54.9 Å². The van der Waals surface area contributed by atoms with Crippen LogP contribution in [0.4, 0.5) is 0 Å². The van der Waals surface area contributed by atoms with E-state index in [2.05, 4.69) is 53.7 Å². The summed E-state index contributed by atoms with van der Waals surface area (Å²) in [6.07, 6.45) is 4.96. The van der Waals surface area contributed by atoms with E-state index in [-0.39, 0.29) is 11.5 Å². The fourth-order valence-electron chi connectivity index (χ4n) is 2.75. The first-order valence-electron chi connectivity index (χ1n) is 6.51. The van der Waals surface area contributed by atoms with Gasteiger partial charge in [-0.2, -0.15) is 0 Å². The van der Waals surface area contributed by atoms with Crippen molar-refractivity contribution >= 4 is 0 Å². The van der Waals surface area contributed by atoms with Crippen molar-refractivity contribution < 1.29 is 5.11 Å². The Balaban J connectivity index is 4.68. The zero-order valence-electron chi connectivity index (χ0n) is 12.1. The first kappa shape index (κ1) is 15.7. The third-order valence-corrected chi connectivity index (χ3v) is 3.41. The zero-order chi connectivity index (χ0) is 12.9. The van der Waals surface area contributed by atoms with Crippen LogP contribution < -0.4 is 0 Å². The molecule has 0 radical (unpaired) electrons. The van der Waals surface area contributed by atoms with E-state index in [1.54, 1.807) is 0 Å². The van der Waals surface area contributed by atoms with Crippen LogP contribution in [0, 0.1) is 23.2 Å². The molecule has 0 aliphatic heterocycles. The molecule has 0 rings (SSSR count). The van der Waals surface area contributed by atoms with Gasteiger partial charge < -0.3 is 5.11 Å². The molecule has 0 aromatic heterocycles. The Hall–Kier alpha value is -0.300. The standard InChI is InChI=1S/C15H30O/c1-8-9-10-12(4)14(16)13(11(2)3)15(5,6)7/h8-9,11-14,16H,10H2,1-7H3/b9-8+/t12-,13+,14-/m1/s1. The zero-order valence-corrected chi connectivity index (χ0v) is 12.1. The van der Waals surface area contributed by atoms with E-state index in [9.17, 15) is 5.11 Å². The highest BCUT2D eigenvalue weighted by molar-refractivity contribution is 4.88. The first-order valence-corrected chi connectivity index (χ1v) is 6.51. The number of allylic oxidation sites excluding steroid dienone is 2. The summed E-state index contributed by atoms with van der Waals surface area (Å²) in [6.45, 7) is 15.3. The van der Waals surface area contributed by atoms with E-state index in [1.807, 2.05) is 6.92 Å². The van der Waals surface area contributed by atoms with Crippen molar-refractivity contribution in [2.75, 3.05) is 0 Å². The van der Waals surface area contributed by atoms with Crippen LogP contribution >= 0.6 is 0 Å². The maximum absolute atomic E-state index is 10.5. The molecule has 0 saturated heterocycles. The van der Waals surface area contributed by atoms with Gasteiger partial charge in [-0.1, -0.05) is 53.7 Å². The predicted molar refractivity (Wildman–Crippen MR) is 72.4 cm³/mol. The molecule has 96 valence electrons. The summed E-state index contributed by atoms with van der Waals surface area (Å²) in [4.78, 5) is 0. The minimum absolute atomic E-state index is 0.164. The Labute approximate surface area is 102 Å². The lowest BCUT2D eigenvalue weighted by Gasteiger charge is -2.40. The van der Waals surface area contributed by atoms with Gasteiger partial charge in [-0.05, 0) is 36.5 Å². The Morgan fingerprint density at radius 1 is 1.12 bits per heavy atom. The van der Waals surface area contributed by atoms with E-state index < -0.39 is 0 Å². The topological polar surface area (TPSA) is 20.2 Å². The monoisotopic (exact) mass is 226 g/mol. The van der Waals surface area contributed by atoms with Gasteiger partial charge in [-0.25, -0.2) is 0 Å². The average Bonchev–Trinajstić information content (AvgIpc) is 2.10. The van der Waals surface area contributed by atoms with Crippen molar-refractivity contribution in [2.24, 2.45) is 23.2 Å². The highest BCUT2D eigenvalue weighted by atomic mass is 16.3. The molecule has 0 amide bonds. The minimum atomic E-state index is -0.212. The molecule has 0 saturated carbocycles. The maximum atomic E-state index is 10.5. The number of rotatable bonds is 5. The van der Waals surface area contributed by atoms with Crippen LogP contribution in [0.2, 0.25) is 0 Å². The maximum Gasteiger partial charge on any atom is 0.0604 e. The SMILES string of the molecule is C/C=C/C[C@@H](C)[C@@H](O)[C@H](C(C)C)C(C)(C)C. The third kappa shape index (κ3) is 4.69. The molecule has 0 aromatic rings. The largest absolute Gasteiger partial charge is 0.393 e. The molecule has 1 heteroatoms. The molecular formula is C15H30O. The molecule has 0 heterocycles. The molecule has 1 nitrogen and oxygen atoms in total. The molecule has 3 atom stereocenters. The first-order chi connectivity index (χ1) is 7.21. The summed E-state index contributed by atoms with van der Waals surface area (Å²) in [7, 11) is 0. The Kier molecular flexibility index (Phi) is 6.32. The summed E-state index contributed by atoms with van der Waals surface area (Å²) in [5.74, 6) is 1.21. The van der Waals surface area contributed by atoms with Crippen LogP contribution in [0.5, 0.6) is 0 Å². The van der Waals surface area contributed by atoms with Crippen molar-refractivity contribution in [3.8, 4) is 0 Å². The van der Waals surface area contributed by atoms with Gasteiger partial charge in [0.15, 0.2) is 0 Å². The lowest BCUT2D eigenvalue weighted by Crippen LogP contribution is -2.39. The molecule has 0 aliphatic rings. The molecule has 1 N–H and O–H groups in total. The van der Waals surface area contributed by atoms with E-state index in [4.69, 9.17) is 0 Å². The van der Waals surface area contributed by atoms with Gasteiger partial charge in [-0.3, -0.25) is 0 Å². The molecule has 16 heavy (non-hydrogen) atoms. The average molecular weight is 226 g/mol. The Morgan fingerprint density at radius 2 is 1.62 bits per heavy atom. The number of hydrogen-bond donors (Lipinski definition) is 1. The van der Waals surface area contributed by atoms with Gasteiger partial charge in [0.2, 0.25) is 0 Å². The molecule has 0 unspecified atom stereocenters. The molecular weight excluding hydrogens is 196 g/mol. The van der Waals surface area contributed by atoms with Crippen LogP contribution in [-0.2, 0) is 0 Å². The van der Waals surface area contributed by atoms with Crippen molar-refractivity contribution in [2.45, 2.75) is 61.0 Å². The Morgan fingerprint density at radius 3 is 1.94 bits per heavy atom. The van der Waals surface area contributed by atoms with Crippen molar-refractivity contribution in [1.82, 2.24) is 0 Å². The van der Waals surface area contributed by atoms with Gasteiger partial charge in [0.25, 0.3) is 0 Å². The van der Waals surface area contributed by atoms with Gasteiger partial charge in [0, 0.05) is 0 Å². The fraction of sp³-hybridized carbons (Fsp3) is 0.867. The molecule has 0 aromatic carbocycles. The summed E-state index contributed by atoms with van der Waals surface area (Å²) in [5.41, 5.74) is 0.164. The highest BCUT2D eigenvalue weighted by Gasteiger charge is 2.35. The van der Waals surface area contributed by atoms with Crippen LogP contribution in [0.15, 0.2) is 12.2 Å². The van der Waals surface area contributed by atoms with Crippen LogP contribution in [0.3, 0.4) is 0 Å². The van der Waals surface area contributed by atoms with Crippen LogP contribution in [-0.4, -0.2) is 11.2 Å². The smallest absolute Gasteiger partial charge is 0.0604 e. The van der Waals surface area contributed by atoms with E-state index >= 15 is 0 Å². The third-order valence-electron chi connectivity index (χ3n) is 3.41. The van der Waals surface area contributed by atoms with Gasteiger partial charge in [0.1, 0.15) is 0 Å². The van der Waals surface area contributed by atoms with E-state index in [1.165, 1.54) is 0 Å². The number of aliphatic hydroxyl groups is 1. The summed E-state index contributed by atoms with van der Waals surface area (Å²) >= 11 is 0. The molecule has 0 bridgehead atoms. The molecule has 0 aliphatic carbocycles. The Bertz CT molecular complexity index is 210. The van der Waals surface area contributed by atoms with Gasteiger partial charge in [-0.15, -0.1) is 0 Å². The normalized spacial score (nSPS) is 19.1. The summed E-state index contributed by atoms with van der Waals surface area (Å²) in [6, 6.07) is 0. The highest BCUT2D eigenvalue weighted by Crippen LogP contribution is 2.37. The minimum Gasteiger partial charge on any atom is -0.393 e. The molecule has 0 spiro atoms. The van der Waals surface area contributed by atoms with Gasteiger partial charge in [0.05, 0.1) is 6.10 Å².